The van der Waals surface area contributed by atoms with E-state index in [0.717, 1.165) is 6.42 Å². The van der Waals surface area contributed by atoms with Crippen LogP contribution >= 0.6 is 0 Å². The monoisotopic (exact) mass is 594 g/mol. The van der Waals surface area contributed by atoms with Gasteiger partial charge in [0.25, 0.3) is 0 Å². The molecule has 11 nitrogen and oxygen atoms in total. The Labute approximate surface area is 225 Å². The van der Waals surface area contributed by atoms with Crippen LogP contribution in [0.4, 0.5) is 11.4 Å². The number of rotatable bonds is 13. The van der Waals surface area contributed by atoms with E-state index < -0.39 is 20.1 Å². The summed E-state index contributed by atoms with van der Waals surface area (Å²) in [6.07, 6.45) is 2.73. The summed E-state index contributed by atoms with van der Waals surface area (Å²) in [5.74, 6) is -1.05. The SMILES string of the molecule is C=CCCN(C(=O)COCCC)c1cc(NC(C)=O)ccc1[As](=O)(O)OO.CCOC(=O)c1ccccc1. The summed E-state index contributed by atoms with van der Waals surface area (Å²) in [4.78, 5) is 36.2. The van der Waals surface area contributed by atoms with E-state index >= 15 is 0 Å². The zero-order valence-electron chi connectivity index (χ0n) is 21.8. The number of benzene rings is 2. The predicted octanol–water partition coefficient (Wildman–Crippen LogP) is 2.90. The van der Waals surface area contributed by atoms with Crippen molar-refractivity contribution in [2.75, 3.05) is 36.6 Å². The molecule has 0 saturated carbocycles. The van der Waals surface area contributed by atoms with Crippen molar-refractivity contribution < 1.29 is 40.8 Å². The van der Waals surface area contributed by atoms with E-state index in [-0.39, 0.29) is 35.1 Å². The molecule has 0 aliphatic heterocycles. The number of carbonyl (C=O) groups excluding carboxylic acids is 3. The second kappa shape index (κ2) is 17.3. The number of hydrogen-bond donors (Lipinski definition) is 3. The molecule has 2 amide bonds. The first-order valence-electron chi connectivity index (χ1n) is 11.9. The van der Waals surface area contributed by atoms with Crippen LogP contribution in [-0.2, 0) is 26.7 Å². The first-order chi connectivity index (χ1) is 18.1. The Morgan fingerprint density at radius 1 is 1.13 bits per heavy atom. The van der Waals surface area contributed by atoms with Crippen LogP contribution in [0, 0.1) is 0 Å². The molecule has 0 bridgehead atoms. The summed E-state index contributed by atoms with van der Waals surface area (Å²) in [6.45, 7) is 9.37. The molecule has 0 aliphatic carbocycles. The smallest absolute Gasteiger partial charge is 0.338 e. The van der Waals surface area contributed by atoms with Gasteiger partial charge in [-0.25, -0.2) is 4.79 Å². The Hall–Kier alpha value is -3.21. The standard InChI is InChI=1S/C17H25AsN2O7.C9H10O2/c1-4-6-9-20(17(22)12-26-10-5-2)16-11-14(19-13(3)21)7-8-15(16)18(23,24)27-25;1-2-11-9(10)8-6-4-3-5-7-8/h4,7-8,11,25H,1,5-6,9-10,12H2,2-3H3,(H,19,21)(H,23,24);3-7H,2H2,1H3. The number of nitrogens with one attached hydrogen (secondary N) is 1. The molecule has 1 unspecified atom stereocenters. The van der Waals surface area contributed by atoms with E-state index in [2.05, 4.69) is 15.8 Å². The Morgan fingerprint density at radius 2 is 1.82 bits per heavy atom. The molecule has 0 fully saturated rings. The van der Waals surface area contributed by atoms with Crippen LogP contribution in [0.15, 0.2) is 61.2 Å². The fourth-order valence-corrected chi connectivity index (χ4v) is 4.81. The third-order valence-electron chi connectivity index (χ3n) is 4.72. The molecule has 0 aromatic heterocycles. The van der Waals surface area contributed by atoms with Crippen molar-refractivity contribution in [3.63, 3.8) is 0 Å². The van der Waals surface area contributed by atoms with E-state index in [9.17, 15) is 22.2 Å². The Bertz CT molecular complexity index is 1110. The molecule has 0 spiro atoms. The van der Waals surface area contributed by atoms with Crippen molar-refractivity contribution in [3.05, 3.63) is 66.7 Å². The van der Waals surface area contributed by atoms with Crippen LogP contribution < -0.4 is 14.6 Å². The van der Waals surface area contributed by atoms with E-state index in [1.165, 1.54) is 30.0 Å². The van der Waals surface area contributed by atoms with Crippen LogP contribution in [0.3, 0.4) is 0 Å². The number of anilines is 2. The van der Waals surface area contributed by atoms with Crippen molar-refractivity contribution in [1.29, 1.82) is 0 Å². The molecule has 208 valence electrons. The van der Waals surface area contributed by atoms with Gasteiger partial charge in [-0.3, -0.25) is 0 Å². The maximum atomic E-state index is 12.6. The molecule has 0 aliphatic rings. The third-order valence-corrected chi connectivity index (χ3v) is 7.25. The molecule has 0 saturated heterocycles. The minimum absolute atomic E-state index is 0.0484. The molecule has 12 heteroatoms. The van der Waals surface area contributed by atoms with Gasteiger partial charge in [-0.2, -0.15) is 0 Å². The molecule has 3 N–H and O–H groups in total. The van der Waals surface area contributed by atoms with Crippen molar-refractivity contribution in [2.45, 2.75) is 33.6 Å². The number of ether oxygens (including phenoxy) is 2. The first-order valence-corrected chi connectivity index (χ1v) is 15.2. The van der Waals surface area contributed by atoms with E-state index in [0.29, 0.717) is 30.9 Å². The largest absolute Gasteiger partial charge is 0.462 e. The Balaban J connectivity index is 0.000000544. The first kappa shape index (κ1) is 32.8. The quantitative estimate of drug-likeness (QED) is 0.0794. The average Bonchev–Trinajstić information content (AvgIpc) is 2.90. The van der Waals surface area contributed by atoms with Crippen LogP contribution in [0.2, 0.25) is 0 Å². The van der Waals surface area contributed by atoms with Gasteiger partial charge in [0.1, 0.15) is 0 Å². The predicted molar refractivity (Wildman–Crippen MR) is 143 cm³/mol. The minimum atomic E-state index is -5.30. The van der Waals surface area contributed by atoms with E-state index in [4.69, 9.17) is 14.7 Å². The normalized spacial score (nSPS) is 11.8. The average molecular weight is 594 g/mol. The maximum absolute atomic E-state index is 12.6. The van der Waals surface area contributed by atoms with Gasteiger partial charge in [0.05, 0.1) is 12.2 Å². The fourth-order valence-electron chi connectivity index (χ4n) is 3.07. The zero-order valence-corrected chi connectivity index (χ0v) is 23.7. The van der Waals surface area contributed by atoms with Gasteiger partial charge >= 0.3 is 166 Å². The van der Waals surface area contributed by atoms with Gasteiger partial charge in [0, 0.05) is 0 Å². The second-order valence-corrected chi connectivity index (χ2v) is 11.3. The number of hydrogen-bond acceptors (Lipinski definition) is 8. The number of nitrogens with zero attached hydrogens (tertiary/aromatic N) is 1. The van der Waals surface area contributed by atoms with Gasteiger partial charge in [-0.15, -0.1) is 0 Å². The summed E-state index contributed by atoms with van der Waals surface area (Å²) < 4.78 is 35.9. The van der Waals surface area contributed by atoms with Gasteiger partial charge in [-0.1, -0.05) is 18.2 Å². The molecule has 1 atom stereocenters. The fraction of sp³-hybridized carbons (Fsp3) is 0.346. The Kier molecular flexibility index (Phi) is 15.0. The third kappa shape index (κ3) is 11.0. The molecule has 2 rings (SSSR count). The van der Waals surface area contributed by atoms with Gasteiger partial charge < -0.3 is 4.74 Å². The van der Waals surface area contributed by atoms with Crippen molar-refractivity contribution in [1.82, 2.24) is 0 Å². The zero-order chi connectivity index (χ0) is 28.6. The summed E-state index contributed by atoms with van der Waals surface area (Å²) in [6, 6.07) is 12.9. The van der Waals surface area contributed by atoms with Gasteiger partial charge in [0.2, 0.25) is 0 Å². The summed E-state index contributed by atoms with van der Waals surface area (Å²) in [5, 5.41) is 11.4. The number of carbonyl (C=O) groups is 3. The van der Waals surface area contributed by atoms with Crippen molar-refractivity contribution in [2.24, 2.45) is 0 Å². The molecule has 38 heavy (non-hydrogen) atoms. The number of esters is 1. The van der Waals surface area contributed by atoms with Crippen LogP contribution in [-0.4, -0.2) is 67.7 Å². The maximum Gasteiger partial charge on any atom is 0.338 e. The second-order valence-electron chi connectivity index (χ2n) is 7.75. The van der Waals surface area contributed by atoms with Gasteiger partial charge in [-0.05, 0) is 19.1 Å². The molecular weight excluding hydrogens is 559 g/mol. The van der Waals surface area contributed by atoms with Crippen LogP contribution in [0.1, 0.15) is 44.0 Å². The summed E-state index contributed by atoms with van der Waals surface area (Å²) in [5.41, 5.74) is 0.974. The molecule has 0 radical (unpaired) electrons. The molecule has 2 aromatic carbocycles. The van der Waals surface area contributed by atoms with Crippen LogP contribution in [0.25, 0.3) is 0 Å². The van der Waals surface area contributed by atoms with Crippen molar-refractivity contribution >= 4 is 47.7 Å². The summed E-state index contributed by atoms with van der Waals surface area (Å²) in [7, 11) is 0. The molecule has 2 aromatic rings. The topological polar surface area (TPSA) is 152 Å². The van der Waals surface area contributed by atoms with Crippen molar-refractivity contribution in [3.8, 4) is 0 Å². The van der Waals surface area contributed by atoms with E-state index in [1.807, 2.05) is 25.1 Å². The molecule has 0 heterocycles. The minimum Gasteiger partial charge on any atom is -0.462 e. The van der Waals surface area contributed by atoms with Crippen LogP contribution in [0.5, 0.6) is 0 Å². The number of amides is 2. The van der Waals surface area contributed by atoms with Gasteiger partial charge in [0.15, 0.2) is 0 Å². The summed E-state index contributed by atoms with van der Waals surface area (Å²) >= 11 is -5.30. The molecular formula is C26H35AsN2O9. The van der Waals surface area contributed by atoms with E-state index in [1.54, 1.807) is 25.1 Å². The Morgan fingerprint density at radius 3 is 2.37 bits per heavy atom.